The number of unbranched alkanes of at least 4 members (excludes halogenated alkanes) is 19. The van der Waals surface area contributed by atoms with Crippen LogP contribution in [0.15, 0.2) is 48.6 Å². The van der Waals surface area contributed by atoms with Crippen LogP contribution in [0.4, 0.5) is 0 Å². The summed E-state index contributed by atoms with van der Waals surface area (Å²) in [6.07, 6.45) is 44.2. The van der Waals surface area contributed by atoms with E-state index >= 15 is 0 Å². The van der Waals surface area contributed by atoms with Crippen LogP contribution in [0.1, 0.15) is 187 Å². The Bertz CT molecular complexity index is 823. The third kappa shape index (κ3) is 32.0. The van der Waals surface area contributed by atoms with Crippen molar-refractivity contribution < 1.29 is 25.2 Å². The monoisotopic (exact) mass is 690 g/mol. The predicted molar refractivity (Wildman–Crippen MR) is 210 cm³/mol. The summed E-state index contributed by atoms with van der Waals surface area (Å²) in [7, 11) is 0. The van der Waals surface area contributed by atoms with Crippen molar-refractivity contribution in [1.82, 2.24) is 5.32 Å². The van der Waals surface area contributed by atoms with Gasteiger partial charge in [0.25, 0.3) is 0 Å². The lowest BCUT2D eigenvalue weighted by Crippen LogP contribution is -2.53. The van der Waals surface area contributed by atoms with Crippen LogP contribution in [0.25, 0.3) is 0 Å². The molecule has 0 spiro atoms. The summed E-state index contributed by atoms with van der Waals surface area (Å²) in [4.78, 5) is 12.5. The Balaban J connectivity index is 3.85. The van der Waals surface area contributed by atoms with Gasteiger partial charge in [0, 0.05) is 0 Å². The molecule has 0 aliphatic rings. The van der Waals surface area contributed by atoms with Gasteiger partial charge in [-0.3, -0.25) is 4.79 Å². The quantitative estimate of drug-likeness (QED) is 0.0332. The maximum absolute atomic E-state index is 12.5. The molecule has 0 heterocycles. The van der Waals surface area contributed by atoms with Gasteiger partial charge in [-0.2, -0.15) is 0 Å². The van der Waals surface area contributed by atoms with Gasteiger partial charge in [0.1, 0.15) is 12.2 Å². The van der Waals surface area contributed by atoms with Crippen molar-refractivity contribution in [3.8, 4) is 0 Å². The van der Waals surface area contributed by atoms with E-state index in [1.54, 1.807) is 0 Å². The van der Waals surface area contributed by atoms with Gasteiger partial charge < -0.3 is 25.7 Å². The molecule has 4 unspecified atom stereocenters. The van der Waals surface area contributed by atoms with Gasteiger partial charge in [0.2, 0.25) is 5.91 Å². The lowest BCUT2D eigenvalue weighted by atomic mass is 10.00. The molecule has 0 saturated heterocycles. The van der Waals surface area contributed by atoms with Crippen LogP contribution < -0.4 is 5.32 Å². The molecule has 0 aromatic rings. The number of carbonyl (C=O) groups excluding carboxylic acids is 1. The number of hydrogen-bond donors (Lipinski definition) is 5. The first kappa shape index (κ1) is 47.3. The SMILES string of the molecule is CCC/C=C/CC/C=C/CC/C=C/CCCC(O)C(O)C(CO)NC(=O)C(O)CCCCCCCC/C=C\CCCCCCCCCCC. The number of hydrogen-bond acceptors (Lipinski definition) is 5. The van der Waals surface area contributed by atoms with Gasteiger partial charge in [-0.15, -0.1) is 0 Å². The van der Waals surface area contributed by atoms with E-state index in [1.807, 2.05) is 0 Å². The second kappa shape index (κ2) is 37.5. The summed E-state index contributed by atoms with van der Waals surface area (Å²) in [5.74, 6) is -0.607. The van der Waals surface area contributed by atoms with Crippen molar-refractivity contribution in [3.05, 3.63) is 48.6 Å². The molecular weight excluding hydrogens is 610 g/mol. The van der Waals surface area contributed by atoms with Crippen molar-refractivity contribution in [2.45, 2.75) is 212 Å². The van der Waals surface area contributed by atoms with Crippen LogP contribution in [0.2, 0.25) is 0 Å². The van der Waals surface area contributed by atoms with E-state index in [-0.39, 0.29) is 0 Å². The van der Waals surface area contributed by atoms with E-state index in [0.29, 0.717) is 19.3 Å². The molecule has 0 fully saturated rings. The first-order chi connectivity index (χ1) is 24.0. The molecule has 4 atom stereocenters. The van der Waals surface area contributed by atoms with E-state index < -0.39 is 36.9 Å². The second-order valence-electron chi connectivity index (χ2n) is 13.9. The zero-order chi connectivity index (χ0) is 36.0. The van der Waals surface area contributed by atoms with Crippen LogP contribution in [0, 0.1) is 0 Å². The Morgan fingerprint density at radius 2 is 0.898 bits per heavy atom. The summed E-state index contributed by atoms with van der Waals surface area (Å²) in [5, 5.41) is 43.5. The van der Waals surface area contributed by atoms with Crippen molar-refractivity contribution >= 4 is 5.91 Å². The molecule has 6 heteroatoms. The maximum atomic E-state index is 12.5. The van der Waals surface area contributed by atoms with Crippen LogP contribution in [-0.4, -0.2) is 57.3 Å². The third-order valence-electron chi connectivity index (χ3n) is 9.20. The molecule has 286 valence electrons. The molecule has 0 saturated carbocycles. The minimum Gasteiger partial charge on any atom is -0.394 e. The Labute approximate surface area is 302 Å². The summed E-state index contributed by atoms with van der Waals surface area (Å²) in [5.41, 5.74) is 0. The van der Waals surface area contributed by atoms with Crippen molar-refractivity contribution in [2.75, 3.05) is 6.61 Å². The predicted octanol–water partition coefficient (Wildman–Crippen LogP) is 10.3. The van der Waals surface area contributed by atoms with Gasteiger partial charge in [-0.05, 0) is 83.5 Å². The molecule has 0 aliphatic carbocycles. The van der Waals surface area contributed by atoms with Gasteiger partial charge in [-0.1, -0.05) is 152 Å². The molecule has 0 radical (unpaired) electrons. The van der Waals surface area contributed by atoms with Crippen molar-refractivity contribution in [1.29, 1.82) is 0 Å². The van der Waals surface area contributed by atoms with Crippen molar-refractivity contribution in [2.24, 2.45) is 0 Å². The zero-order valence-electron chi connectivity index (χ0n) is 31.9. The van der Waals surface area contributed by atoms with Gasteiger partial charge in [0.15, 0.2) is 0 Å². The third-order valence-corrected chi connectivity index (χ3v) is 9.20. The maximum Gasteiger partial charge on any atom is 0.249 e. The summed E-state index contributed by atoms with van der Waals surface area (Å²) < 4.78 is 0. The fourth-order valence-electron chi connectivity index (χ4n) is 5.91. The normalized spacial score (nSPS) is 14.8. The number of rotatable bonds is 36. The molecule has 0 aliphatic heterocycles. The molecule has 5 N–H and O–H groups in total. The Morgan fingerprint density at radius 3 is 1.37 bits per heavy atom. The number of aliphatic hydroxyl groups is 4. The standard InChI is InChI=1S/C43H79NO5/c1-3-5-7-9-11-13-15-17-19-20-21-22-23-25-27-29-31-33-35-37-41(47)43(49)44-39(38-45)42(48)40(46)36-34-32-30-28-26-24-18-16-14-12-10-8-6-4-2/h8,10,16,18,21-22,28,30,39-42,45-48H,3-7,9,11-15,17,19-20,23-27,29,31-38H2,1-2H3,(H,44,49)/b10-8+,18-16+,22-21-,30-28+. The summed E-state index contributed by atoms with van der Waals surface area (Å²) in [6.45, 7) is 3.95. The van der Waals surface area contributed by atoms with Crippen LogP contribution in [0.3, 0.4) is 0 Å². The van der Waals surface area contributed by atoms with E-state index in [4.69, 9.17) is 0 Å². The van der Waals surface area contributed by atoms with Crippen molar-refractivity contribution in [3.63, 3.8) is 0 Å². The highest BCUT2D eigenvalue weighted by molar-refractivity contribution is 5.80. The molecule has 1 amide bonds. The Kier molecular flexibility index (Phi) is 36.2. The topological polar surface area (TPSA) is 110 Å². The molecule has 0 aromatic heterocycles. The summed E-state index contributed by atoms with van der Waals surface area (Å²) >= 11 is 0. The fraction of sp³-hybridized carbons (Fsp3) is 0.791. The first-order valence-electron chi connectivity index (χ1n) is 20.5. The highest BCUT2D eigenvalue weighted by Gasteiger charge is 2.28. The Hall–Kier alpha value is -1.73. The summed E-state index contributed by atoms with van der Waals surface area (Å²) in [6, 6.07) is -1.01. The number of carbonyl (C=O) groups is 1. The number of allylic oxidation sites excluding steroid dienone is 8. The average molecular weight is 690 g/mol. The van der Waals surface area contributed by atoms with Crippen LogP contribution >= 0.6 is 0 Å². The molecule has 0 rings (SSSR count). The molecule has 0 aromatic carbocycles. The highest BCUT2D eigenvalue weighted by atomic mass is 16.3. The van der Waals surface area contributed by atoms with E-state index in [2.05, 4.69) is 67.8 Å². The lowest BCUT2D eigenvalue weighted by molar-refractivity contribution is -0.132. The minimum atomic E-state index is -1.29. The zero-order valence-corrected chi connectivity index (χ0v) is 31.9. The molecule has 49 heavy (non-hydrogen) atoms. The largest absolute Gasteiger partial charge is 0.394 e. The van der Waals surface area contributed by atoms with Gasteiger partial charge in [-0.25, -0.2) is 0 Å². The smallest absolute Gasteiger partial charge is 0.249 e. The first-order valence-corrected chi connectivity index (χ1v) is 20.5. The minimum absolute atomic E-state index is 0.350. The number of aliphatic hydroxyl groups excluding tert-OH is 4. The van der Waals surface area contributed by atoms with Crippen LogP contribution in [-0.2, 0) is 4.79 Å². The lowest BCUT2D eigenvalue weighted by Gasteiger charge is -2.27. The number of amides is 1. The molecular formula is C43H79NO5. The van der Waals surface area contributed by atoms with E-state index in [9.17, 15) is 25.2 Å². The van der Waals surface area contributed by atoms with Crippen LogP contribution in [0.5, 0.6) is 0 Å². The Morgan fingerprint density at radius 1 is 0.490 bits per heavy atom. The van der Waals surface area contributed by atoms with E-state index in [1.165, 1.54) is 83.5 Å². The molecule has 0 bridgehead atoms. The van der Waals surface area contributed by atoms with Gasteiger partial charge >= 0.3 is 0 Å². The number of nitrogens with one attached hydrogen (secondary N) is 1. The highest BCUT2D eigenvalue weighted by Crippen LogP contribution is 2.14. The molecule has 6 nitrogen and oxygen atoms in total. The second-order valence-corrected chi connectivity index (χ2v) is 13.9. The van der Waals surface area contributed by atoms with Gasteiger partial charge in [0.05, 0.1) is 18.8 Å². The fourth-order valence-corrected chi connectivity index (χ4v) is 5.91. The van der Waals surface area contributed by atoms with E-state index in [0.717, 1.165) is 70.6 Å². The average Bonchev–Trinajstić information content (AvgIpc) is 3.11.